The van der Waals surface area contributed by atoms with E-state index in [1.165, 1.54) is 0 Å². The van der Waals surface area contributed by atoms with Gasteiger partial charge < -0.3 is 3.11 Å². The molecule has 0 amide bonds. The first-order valence-corrected chi connectivity index (χ1v) is 8.57. The molecule has 0 bridgehead atoms. The van der Waals surface area contributed by atoms with Crippen molar-refractivity contribution in [3.05, 3.63) is 24.0 Å². The third-order valence-electron chi connectivity index (χ3n) is 4.06. The van der Waals surface area contributed by atoms with Crippen LogP contribution in [0.25, 0.3) is 0 Å². The van der Waals surface area contributed by atoms with Gasteiger partial charge in [-0.05, 0) is 48.3 Å². The van der Waals surface area contributed by atoms with Gasteiger partial charge in [0.15, 0.2) is 0 Å². The quantitative estimate of drug-likeness (QED) is 0.359. The summed E-state index contributed by atoms with van der Waals surface area (Å²) in [6.45, 7) is 14.7. The summed E-state index contributed by atoms with van der Waals surface area (Å²) in [5.41, 5.74) is -0.291. The second kappa shape index (κ2) is 6.87. The van der Waals surface area contributed by atoms with Crippen molar-refractivity contribution in [1.82, 2.24) is 0 Å². The normalized spacial score (nSPS) is 12.1. The minimum atomic E-state index is -0.358. The van der Waals surface area contributed by atoms with Crippen LogP contribution in [0.5, 0.6) is 0 Å². The minimum Gasteiger partial charge on any atom is -0.304 e. The van der Waals surface area contributed by atoms with E-state index in [4.69, 9.17) is 0 Å². The van der Waals surface area contributed by atoms with E-state index in [0.29, 0.717) is 9.26 Å². The lowest BCUT2D eigenvalue weighted by Gasteiger charge is -2.47. The number of hydrogen-bond acceptors (Lipinski definition) is 3. The molecule has 0 heterocycles. The van der Waals surface area contributed by atoms with Crippen LogP contribution in [0.1, 0.15) is 54.9 Å². The van der Waals surface area contributed by atoms with E-state index in [-0.39, 0.29) is 21.8 Å². The highest BCUT2D eigenvalue weighted by Gasteiger charge is 2.42. The Kier molecular flexibility index (Phi) is 6.99. The van der Waals surface area contributed by atoms with E-state index in [9.17, 15) is 9.59 Å². The summed E-state index contributed by atoms with van der Waals surface area (Å²) in [5, 5.41) is 0. The molecule has 5 heteroatoms. The maximum absolute atomic E-state index is 11.6. The van der Waals surface area contributed by atoms with Gasteiger partial charge in [0, 0.05) is 5.54 Å². The predicted molar refractivity (Wildman–Crippen MR) is 100 cm³/mol. The lowest BCUT2D eigenvalue weighted by molar-refractivity contribution is 0.204. The first-order valence-electron chi connectivity index (χ1n) is 6.52. The van der Waals surface area contributed by atoms with Crippen LogP contribution >= 0.6 is 45.5 Å². The molecular formula is C14H23I2NO2. The Labute approximate surface area is 143 Å². The van der Waals surface area contributed by atoms with Crippen LogP contribution < -0.4 is 14.0 Å². The van der Waals surface area contributed by atoms with Gasteiger partial charge in [-0.15, -0.1) is 0 Å². The van der Waals surface area contributed by atoms with Gasteiger partial charge >= 0.3 is 0 Å². The molecule has 0 saturated heterocycles. The Bertz CT molecular complexity index is 500. The maximum Gasteiger partial charge on any atom is 0.252 e. The van der Waals surface area contributed by atoms with Crippen molar-refractivity contribution in [2.45, 2.75) is 60.4 Å². The molecule has 0 aromatic heterocycles. The average molecular weight is 491 g/mol. The fourth-order valence-electron chi connectivity index (χ4n) is 1.51. The van der Waals surface area contributed by atoms with Crippen LogP contribution in [0, 0.1) is 8.99 Å². The van der Waals surface area contributed by atoms with E-state index in [0.717, 1.165) is 6.42 Å². The zero-order valence-corrected chi connectivity index (χ0v) is 17.0. The monoisotopic (exact) mass is 491 g/mol. The largest absolute Gasteiger partial charge is 0.304 e. The van der Waals surface area contributed by atoms with Crippen molar-refractivity contribution in [3.8, 4) is 0 Å². The lowest BCUT2D eigenvalue weighted by atomic mass is 9.72. The number of nitrogens with zero attached hydrogens (tertiary/aromatic N) is 1. The van der Waals surface area contributed by atoms with E-state index in [2.05, 4.69) is 57.5 Å². The van der Waals surface area contributed by atoms with Gasteiger partial charge in [0.1, 0.15) is 5.69 Å². The van der Waals surface area contributed by atoms with Crippen molar-refractivity contribution in [2.24, 2.45) is 5.41 Å². The van der Waals surface area contributed by atoms with E-state index < -0.39 is 0 Å². The summed E-state index contributed by atoms with van der Waals surface area (Å²) >= 11 is 4.10. The molecule has 0 aliphatic heterocycles. The molecule has 3 nitrogen and oxygen atoms in total. The summed E-state index contributed by atoms with van der Waals surface area (Å²) in [6.07, 6.45) is 1.01. The molecule has 19 heavy (non-hydrogen) atoms. The summed E-state index contributed by atoms with van der Waals surface area (Å²) < 4.78 is 2.49. The number of anilines is 1. The van der Waals surface area contributed by atoms with Gasteiger partial charge in [-0.2, -0.15) is 0 Å². The van der Waals surface area contributed by atoms with Gasteiger partial charge in [-0.3, -0.25) is 9.59 Å². The predicted octanol–water partition coefficient (Wildman–Crippen LogP) is 4.28. The third-order valence-corrected chi connectivity index (χ3v) is 6.75. The Hall–Kier alpha value is 0.340. The maximum atomic E-state index is 11.6. The third kappa shape index (κ3) is 3.33. The molecule has 0 aliphatic carbocycles. The van der Waals surface area contributed by atoms with Crippen LogP contribution in [0.3, 0.4) is 0 Å². The van der Waals surface area contributed by atoms with Crippen LogP contribution in [-0.2, 0) is 0 Å². The van der Waals surface area contributed by atoms with Crippen molar-refractivity contribution >= 4 is 51.1 Å². The molecule has 0 radical (unpaired) electrons. The molecule has 1 rings (SSSR count). The molecule has 1 aromatic carbocycles. The summed E-state index contributed by atoms with van der Waals surface area (Å²) in [6, 6.07) is 0. The first kappa shape index (κ1) is 19.3. The Morgan fingerprint density at radius 2 is 1.47 bits per heavy atom. The van der Waals surface area contributed by atoms with Gasteiger partial charge in [-0.1, -0.05) is 34.6 Å². The second-order valence-electron chi connectivity index (χ2n) is 5.40. The van der Waals surface area contributed by atoms with Gasteiger partial charge in [0.05, 0.1) is 26.4 Å². The molecule has 0 fully saturated rings. The number of halogens is 2. The van der Waals surface area contributed by atoms with Gasteiger partial charge in [0.2, 0.25) is 5.43 Å². The van der Waals surface area contributed by atoms with Crippen molar-refractivity contribution in [1.29, 1.82) is 0 Å². The molecule has 110 valence electrons. The molecule has 0 unspecified atom stereocenters. The standard InChI is InChI=1S/C12H17I2NO2.C2H6/c1-6-11(2,3)12(4,5)15(14)8-7(13)9(16)10(8)17;1-2/h6H2,1-5H3;1-2H3. The highest BCUT2D eigenvalue weighted by Crippen LogP contribution is 2.42. The topological polar surface area (TPSA) is 37.4 Å². The molecule has 0 aliphatic rings. The summed E-state index contributed by atoms with van der Waals surface area (Å²) in [4.78, 5) is 22.9. The van der Waals surface area contributed by atoms with Crippen LogP contribution in [0.4, 0.5) is 5.69 Å². The smallest absolute Gasteiger partial charge is 0.252 e. The Morgan fingerprint density at radius 3 is 1.79 bits per heavy atom. The molecule has 0 saturated carbocycles. The highest BCUT2D eigenvalue weighted by molar-refractivity contribution is 14.1. The van der Waals surface area contributed by atoms with Crippen LogP contribution in [0.15, 0.2) is 9.59 Å². The fourth-order valence-corrected chi connectivity index (χ4v) is 3.81. The molecular weight excluding hydrogens is 468 g/mol. The minimum absolute atomic E-state index is 0.0526. The number of rotatable bonds is 4. The number of hydrogen-bond donors (Lipinski definition) is 0. The van der Waals surface area contributed by atoms with Gasteiger partial charge in [-0.25, -0.2) is 0 Å². The van der Waals surface area contributed by atoms with E-state index >= 15 is 0 Å². The van der Waals surface area contributed by atoms with Gasteiger partial charge in [0.25, 0.3) is 5.43 Å². The zero-order chi connectivity index (χ0) is 15.6. The second-order valence-corrected chi connectivity index (χ2v) is 7.44. The van der Waals surface area contributed by atoms with Crippen molar-refractivity contribution in [2.75, 3.05) is 3.11 Å². The zero-order valence-electron chi connectivity index (χ0n) is 12.7. The molecule has 0 spiro atoms. The molecule has 0 N–H and O–H groups in total. The van der Waals surface area contributed by atoms with Crippen LogP contribution in [0.2, 0.25) is 0 Å². The van der Waals surface area contributed by atoms with E-state index in [1.54, 1.807) is 0 Å². The summed E-state index contributed by atoms with van der Waals surface area (Å²) in [5.74, 6) is 0. The fraction of sp³-hybridized carbons (Fsp3) is 0.714. The Balaban J connectivity index is 0.00000154. The first-order chi connectivity index (χ1) is 8.58. The van der Waals surface area contributed by atoms with E-state index in [1.807, 2.05) is 39.6 Å². The van der Waals surface area contributed by atoms with Crippen LogP contribution in [-0.4, -0.2) is 5.54 Å². The van der Waals surface area contributed by atoms with Crippen molar-refractivity contribution in [3.63, 3.8) is 0 Å². The van der Waals surface area contributed by atoms with Crippen molar-refractivity contribution < 1.29 is 0 Å². The Morgan fingerprint density at radius 1 is 1.05 bits per heavy atom. The lowest BCUT2D eigenvalue weighted by Crippen LogP contribution is -2.54. The highest BCUT2D eigenvalue weighted by atomic mass is 127. The summed E-state index contributed by atoms with van der Waals surface area (Å²) in [7, 11) is 0. The molecule has 1 aromatic rings. The average Bonchev–Trinajstić information content (AvgIpc) is 2.40. The SMILES string of the molecule is CC.CCC(C)(C)C(C)(C)N(I)c1c(I)c(=O)c1=O. The molecule has 0 atom stereocenters.